The highest BCUT2D eigenvalue weighted by molar-refractivity contribution is 6.05. The van der Waals surface area contributed by atoms with Crippen LogP contribution in [0.5, 0.6) is 0 Å². The summed E-state index contributed by atoms with van der Waals surface area (Å²) >= 11 is 0. The van der Waals surface area contributed by atoms with E-state index in [9.17, 15) is 0 Å². The Bertz CT molecular complexity index is 3320. The minimum atomic E-state index is 0.548. The molecule has 0 saturated heterocycles. The Morgan fingerprint density at radius 3 is 1.25 bits per heavy atom. The van der Waals surface area contributed by atoms with Gasteiger partial charge in [0, 0.05) is 22.1 Å². The first-order chi connectivity index (χ1) is 29.2. The molecule has 0 aliphatic heterocycles. The Labute approximate surface area is 340 Å². The first kappa shape index (κ1) is 34.2. The molecule has 3 aromatic heterocycles. The molecule has 0 amide bonds. The lowest BCUT2D eigenvalue weighted by Gasteiger charge is -2.11. The van der Waals surface area contributed by atoms with Crippen molar-refractivity contribution in [3.8, 4) is 78.7 Å². The van der Waals surface area contributed by atoms with Crippen molar-refractivity contribution in [1.29, 1.82) is 0 Å². The number of nitrogens with zero attached hydrogens (tertiary/aromatic N) is 5. The van der Waals surface area contributed by atoms with Gasteiger partial charge in [-0.2, -0.15) is 0 Å². The van der Waals surface area contributed by atoms with E-state index in [4.69, 9.17) is 29.3 Å². The first-order valence-electron chi connectivity index (χ1n) is 19.6. The highest BCUT2D eigenvalue weighted by Crippen LogP contribution is 2.35. The monoisotopic (exact) mass is 755 g/mol. The largest absolute Gasteiger partial charge is 0.436 e. The maximum Gasteiger partial charge on any atom is 0.246 e. The first-order valence-corrected chi connectivity index (χ1v) is 19.6. The lowest BCUT2D eigenvalue weighted by molar-refractivity contribution is 0.655. The van der Waals surface area contributed by atoms with Crippen LogP contribution in [0.1, 0.15) is 0 Å². The van der Waals surface area contributed by atoms with E-state index in [1.165, 1.54) is 5.56 Å². The predicted molar refractivity (Wildman–Crippen MR) is 238 cm³/mol. The zero-order chi connectivity index (χ0) is 39.1. The molecule has 6 heteroatoms. The van der Waals surface area contributed by atoms with E-state index in [-0.39, 0.29) is 0 Å². The van der Waals surface area contributed by atoms with Crippen LogP contribution < -0.4 is 0 Å². The minimum absolute atomic E-state index is 0.548. The van der Waals surface area contributed by atoms with Crippen LogP contribution in [0.4, 0.5) is 0 Å². The molecular formula is C53H33N5O. The molecule has 8 aromatic carbocycles. The van der Waals surface area contributed by atoms with Gasteiger partial charge in [0.1, 0.15) is 11.1 Å². The second-order valence-corrected chi connectivity index (χ2v) is 14.5. The molecule has 0 bridgehead atoms. The zero-order valence-electron chi connectivity index (χ0n) is 31.7. The average molecular weight is 756 g/mol. The molecule has 0 unspecified atom stereocenters. The smallest absolute Gasteiger partial charge is 0.246 e. The maximum atomic E-state index is 6.12. The van der Waals surface area contributed by atoms with Gasteiger partial charge in [-0.15, -0.1) is 0 Å². The van der Waals surface area contributed by atoms with Crippen LogP contribution in [0.2, 0.25) is 0 Å². The number of hydrogen-bond donors (Lipinski definition) is 0. The molecular weight excluding hydrogens is 723 g/mol. The third-order valence-electron chi connectivity index (χ3n) is 10.7. The van der Waals surface area contributed by atoms with Crippen molar-refractivity contribution in [2.24, 2.45) is 0 Å². The van der Waals surface area contributed by atoms with Gasteiger partial charge in [0.25, 0.3) is 0 Å². The normalized spacial score (nSPS) is 11.4. The van der Waals surface area contributed by atoms with Crippen molar-refractivity contribution in [3.63, 3.8) is 0 Å². The number of aromatic nitrogens is 5. The SMILES string of the molecule is c1ccc(-c2ccc(-c3nc(-c4ccccc4)nc(-c4cccc(-c5cccc(-c6cccc(-c7ccc8oc9nc%10ccccc%10nc9c8c7)c6)c5)c4)n3)cc2)cc1. The number of fused-ring (bicyclic) bond motifs is 4. The Balaban J connectivity index is 0.929. The van der Waals surface area contributed by atoms with Crippen LogP contribution in [0.25, 0.3) is 112 Å². The van der Waals surface area contributed by atoms with Gasteiger partial charge in [0.15, 0.2) is 17.5 Å². The van der Waals surface area contributed by atoms with E-state index < -0.39 is 0 Å². The molecule has 0 saturated carbocycles. The van der Waals surface area contributed by atoms with E-state index in [1.807, 2.05) is 66.7 Å². The number of rotatable bonds is 7. The van der Waals surface area contributed by atoms with Crippen LogP contribution in [-0.4, -0.2) is 24.9 Å². The molecule has 0 radical (unpaired) electrons. The summed E-state index contributed by atoms with van der Waals surface area (Å²) in [6.07, 6.45) is 0. The van der Waals surface area contributed by atoms with Crippen LogP contribution in [-0.2, 0) is 0 Å². The fraction of sp³-hybridized carbons (Fsp3) is 0. The second kappa shape index (κ2) is 14.4. The summed E-state index contributed by atoms with van der Waals surface area (Å²) in [5, 5.41) is 0.949. The number of hydrogen-bond acceptors (Lipinski definition) is 6. The number of para-hydroxylation sites is 2. The third-order valence-corrected chi connectivity index (χ3v) is 10.7. The Morgan fingerprint density at radius 2 is 0.661 bits per heavy atom. The van der Waals surface area contributed by atoms with E-state index in [0.717, 1.165) is 83.2 Å². The van der Waals surface area contributed by atoms with Gasteiger partial charge in [-0.25, -0.2) is 24.9 Å². The van der Waals surface area contributed by atoms with Crippen molar-refractivity contribution >= 4 is 33.2 Å². The number of benzene rings is 8. The summed E-state index contributed by atoms with van der Waals surface area (Å²) in [5.74, 6) is 1.88. The molecule has 59 heavy (non-hydrogen) atoms. The summed E-state index contributed by atoms with van der Waals surface area (Å²) < 4.78 is 6.12. The maximum absolute atomic E-state index is 6.12. The van der Waals surface area contributed by atoms with Crippen molar-refractivity contribution < 1.29 is 4.42 Å². The fourth-order valence-corrected chi connectivity index (χ4v) is 7.71. The van der Waals surface area contributed by atoms with E-state index in [1.54, 1.807) is 0 Å². The van der Waals surface area contributed by atoms with Crippen molar-refractivity contribution in [2.45, 2.75) is 0 Å². The highest BCUT2D eigenvalue weighted by atomic mass is 16.3. The summed E-state index contributed by atoms with van der Waals surface area (Å²) in [7, 11) is 0. The van der Waals surface area contributed by atoms with E-state index in [0.29, 0.717) is 23.2 Å². The van der Waals surface area contributed by atoms with Crippen molar-refractivity contribution in [3.05, 3.63) is 200 Å². The summed E-state index contributed by atoms with van der Waals surface area (Å²) in [4.78, 5) is 24.7. The average Bonchev–Trinajstić information content (AvgIpc) is 3.68. The fourth-order valence-electron chi connectivity index (χ4n) is 7.71. The Hall–Kier alpha value is -8.09. The molecule has 11 rings (SSSR count). The molecule has 0 fully saturated rings. The molecule has 0 atom stereocenters. The molecule has 6 nitrogen and oxygen atoms in total. The van der Waals surface area contributed by atoms with E-state index in [2.05, 4.69) is 133 Å². The zero-order valence-corrected chi connectivity index (χ0v) is 31.7. The van der Waals surface area contributed by atoms with Gasteiger partial charge < -0.3 is 4.42 Å². The van der Waals surface area contributed by atoms with Crippen molar-refractivity contribution in [1.82, 2.24) is 24.9 Å². The Morgan fingerprint density at radius 1 is 0.271 bits per heavy atom. The van der Waals surface area contributed by atoms with Crippen LogP contribution in [0, 0.1) is 0 Å². The second-order valence-electron chi connectivity index (χ2n) is 14.5. The number of furan rings is 1. The van der Waals surface area contributed by atoms with Gasteiger partial charge in [0.2, 0.25) is 5.71 Å². The lowest BCUT2D eigenvalue weighted by atomic mass is 9.95. The molecule has 11 aromatic rings. The highest BCUT2D eigenvalue weighted by Gasteiger charge is 2.15. The minimum Gasteiger partial charge on any atom is -0.436 e. The quantitative estimate of drug-likeness (QED) is 0.161. The van der Waals surface area contributed by atoms with Gasteiger partial charge in [-0.3, -0.25) is 0 Å². The van der Waals surface area contributed by atoms with Gasteiger partial charge in [0.05, 0.1) is 11.0 Å². The van der Waals surface area contributed by atoms with Gasteiger partial charge >= 0.3 is 0 Å². The van der Waals surface area contributed by atoms with Gasteiger partial charge in [-0.1, -0.05) is 158 Å². The predicted octanol–water partition coefficient (Wildman–Crippen LogP) is 13.4. The van der Waals surface area contributed by atoms with Crippen LogP contribution in [0.15, 0.2) is 205 Å². The summed E-state index contributed by atoms with van der Waals surface area (Å²) in [5.41, 5.74) is 15.4. The topological polar surface area (TPSA) is 77.6 Å². The molecule has 3 heterocycles. The molecule has 0 aliphatic carbocycles. The third kappa shape index (κ3) is 6.58. The van der Waals surface area contributed by atoms with Gasteiger partial charge in [-0.05, 0) is 87.0 Å². The summed E-state index contributed by atoms with van der Waals surface area (Å²) in [6, 6.07) is 68.8. The van der Waals surface area contributed by atoms with E-state index >= 15 is 0 Å². The summed E-state index contributed by atoms with van der Waals surface area (Å²) in [6.45, 7) is 0. The molecule has 276 valence electrons. The standard InChI is InChI=1S/C53H33N5O/c1-3-12-34(13-4-1)35-24-26-37(27-25-35)51-56-50(36-14-5-2-6-15-36)57-52(58-51)44-21-11-20-42(32-44)40-18-9-16-38(30-40)39-17-10-19-41(31-39)43-28-29-48-45(33-43)49-53(59-48)55-47-23-8-7-22-46(47)54-49/h1-33H. The molecule has 0 aliphatic rings. The van der Waals surface area contributed by atoms with Crippen LogP contribution >= 0.6 is 0 Å². The molecule has 0 N–H and O–H groups in total. The van der Waals surface area contributed by atoms with Crippen molar-refractivity contribution in [2.75, 3.05) is 0 Å². The lowest BCUT2D eigenvalue weighted by Crippen LogP contribution is -2.00. The Kier molecular flexibility index (Phi) is 8.37. The molecule has 0 spiro atoms. The van der Waals surface area contributed by atoms with Crippen LogP contribution in [0.3, 0.4) is 0 Å².